The number of hydrogen-bond donors (Lipinski definition) is 0. The van der Waals surface area contributed by atoms with Crippen LogP contribution in [0.4, 0.5) is 0 Å². The number of ether oxygens (including phenoxy) is 2. The Morgan fingerprint density at radius 1 is 0.667 bits per heavy atom. The molecule has 2 aromatic rings. The number of aryl methyl sites for hydroxylation is 3. The Bertz CT molecular complexity index is 494. The molecule has 1 heterocycles. The van der Waals surface area contributed by atoms with Crippen LogP contribution in [0.25, 0.3) is 0 Å². The third-order valence-electron chi connectivity index (χ3n) is 2.75. The van der Waals surface area contributed by atoms with Gasteiger partial charge in [0.15, 0.2) is 11.5 Å². The van der Waals surface area contributed by atoms with E-state index in [4.69, 9.17) is 9.47 Å². The first-order valence-corrected chi connectivity index (χ1v) is 6.04. The van der Waals surface area contributed by atoms with E-state index < -0.39 is 0 Å². The molecule has 0 aromatic heterocycles. The van der Waals surface area contributed by atoms with E-state index in [0.29, 0.717) is 6.79 Å². The van der Waals surface area contributed by atoms with E-state index in [-0.39, 0.29) is 0 Å². The largest absolute Gasteiger partial charge is 0.454 e. The molecule has 0 amide bonds. The normalized spacial score (nSPS) is 11.7. The number of fused-ring (bicyclic) bond motifs is 1. The van der Waals surface area contributed by atoms with Gasteiger partial charge in [0.2, 0.25) is 6.79 Å². The van der Waals surface area contributed by atoms with Crippen molar-refractivity contribution < 1.29 is 9.47 Å². The Balaban J connectivity index is 0.000000138. The molecular formula is C16H18O2. The number of benzene rings is 2. The SMILES string of the molecule is Cc1ccc(C)cc1.Cc1ccc2c(c1)OCO2. The van der Waals surface area contributed by atoms with E-state index >= 15 is 0 Å². The molecule has 0 radical (unpaired) electrons. The third-order valence-corrected chi connectivity index (χ3v) is 2.75. The Morgan fingerprint density at radius 3 is 1.78 bits per heavy atom. The maximum absolute atomic E-state index is 5.16. The highest BCUT2D eigenvalue weighted by atomic mass is 16.7. The van der Waals surface area contributed by atoms with E-state index in [2.05, 4.69) is 38.1 Å². The average molecular weight is 242 g/mol. The van der Waals surface area contributed by atoms with E-state index in [0.717, 1.165) is 11.5 Å². The maximum Gasteiger partial charge on any atom is 0.231 e. The Morgan fingerprint density at radius 2 is 1.17 bits per heavy atom. The smallest absolute Gasteiger partial charge is 0.231 e. The highest BCUT2D eigenvalue weighted by Crippen LogP contribution is 2.31. The summed E-state index contributed by atoms with van der Waals surface area (Å²) in [5.41, 5.74) is 3.86. The molecule has 0 saturated heterocycles. The molecule has 18 heavy (non-hydrogen) atoms. The first-order chi connectivity index (χ1) is 8.65. The first kappa shape index (κ1) is 12.5. The van der Waals surface area contributed by atoms with E-state index in [1.54, 1.807) is 0 Å². The van der Waals surface area contributed by atoms with Gasteiger partial charge in [-0.05, 0) is 38.5 Å². The van der Waals surface area contributed by atoms with Crippen LogP contribution in [0.1, 0.15) is 16.7 Å². The Hall–Kier alpha value is -1.96. The van der Waals surface area contributed by atoms with E-state index in [1.807, 2.05) is 25.1 Å². The zero-order valence-corrected chi connectivity index (χ0v) is 11.1. The van der Waals surface area contributed by atoms with Crippen LogP contribution >= 0.6 is 0 Å². The zero-order chi connectivity index (χ0) is 13.0. The van der Waals surface area contributed by atoms with Gasteiger partial charge in [0.05, 0.1) is 0 Å². The minimum absolute atomic E-state index is 0.360. The molecule has 2 nitrogen and oxygen atoms in total. The van der Waals surface area contributed by atoms with Crippen LogP contribution in [0, 0.1) is 20.8 Å². The molecule has 0 aliphatic carbocycles. The van der Waals surface area contributed by atoms with Gasteiger partial charge in [0.1, 0.15) is 0 Å². The minimum atomic E-state index is 0.360. The van der Waals surface area contributed by atoms with E-state index in [1.165, 1.54) is 16.7 Å². The quantitative estimate of drug-likeness (QED) is 0.694. The fraction of sp³-hybridized carbons (Fsp3) is 0.250. The van der Waals surface area contributed by atoms with Crippen LogP contribution in [0.5, 0.6) is 11.5 Å². The van der Waals surface area contributed by atoms with Gasteiger partial charge in [-0.2, -0.15) is 0 Å². The summed E-state index contributed by atoms with van der Waals surface area (Å²) in [5, 5.41) is 0. The zero-order valence-electron chi connectivity index (χ0n) is 11.1. The van der Waals surface area contributed by atoms with Crippen molar-refractivity contribution in [2.45, 2.75) is 20.8 Å². The van der Waals surface area contributed by atoms with Crippen LogP contribution in [-0.4, -0.2) is 6.79 Å². The van der Waals surface area contributed by atoms with Crippen LogP contribution < -0.4 is 9.47 Å². The predicted octanol–water partition coefficient (Wildman–Crippen LogP) is 4.03. The van der Waals surface area contributed by atoms with Gasteiger partial charge in [-0.25, -0.2) is 0 Å². The molecule has 0 atom stereocenters. The first-order valence-electron chi connectivity index (χ1n) is 6.04. The summed E-state index contributed by atoms with van der Waals surface area (Å²) in [6.07, 6.45) is 0. The highest BCUT2D eigenvalue weighted by molar-refractivity contribution is 5.43. The number of rotatable bonds is 0. The van der Waals surface area contributed by atoms with Crippen LogP contribution in [-0.2, 0) is 0 Å². The Kier molecular flexibility index (Phi) is 3.88. The van der Waals surface area contributed by atoms with Gasteiger partial charge in [-0.3, -0.25) is 0 Å². The summed E-state index contributed by atoms with van der Waals surface area (Å²) in [5.74, 6) is 1.71. The van der Waals surface area contributed by atoms with Crippen LogP contribution in [0.3, 0.4) is 0 Å². The lowest BCUT2D eigenvalue weighted by atomic mass is 10.2. The molecule has 94 valence electrons. The molecule has 0 fully saturated rings. The van der Waals surface area contributed by atoms with Crippen LogP contribution in [0.15, 0.2) is 42.5 Å². The van der Waals surface area contributed by atoms with Gasteiger partial charge < -0.3 is 9.47 Å². The summed E-state index contributed by atoms with van der Waals surface area (Å²) in [6, 6.07) is 14.4. The number of hydrogen-bond acceptors (Lipinski definition) is 2. The van der Waals surface area contributed by atoms with Crippen molar-refractivity contribution in [3.63, 3.8) is 0 Å². The fourth-order valence-electron chi connectivity index (χ4n) is 1.64. The van der Waals surface area contributed by atoms with Crippen molar-refractivity contribution >= 4 is 0 Å². The summed E-state index contributed by atoms with van der Waals surface area (Å²) in [6.45, 7) is 6.58. The van der Waals surface area contributed by atoms with Gasteiger partial charge in [0, 0.05) is 0 Å². The summed E-state index contributed by atoms with van der Waals surface area (Å²) in [7, 11) is 0. The molecule has 2 aromatic carbocycles. The molecule has 0 N–H and O–H groups in total. The van der Waals surface area contributed by atoms with Crippen molar-refractivity contribution in [3.8, 4) is 11.5 Å². The topological polar surface area (TPSA) is 18.5 Å². The maximum atomic E-state index is 5.16. The molecule has 0 saturated carbocycles. The van der Waals surface area contributed by atoms with Crippen molar-refractivity contribution in [1.82, 2.24) is 0 Å². The van der Waals surface area contributed by atoms with Gasteiger partial charge in [0.25, 0.3) is 0 Å². The van der Waals surface area contributed by atoms with Crippen molar-refractivity contribution in [3.05, 3.63) is 59.2 Å². The second kappa shape index (κ2) is 5.58. The van der Waals surface area contributed by atoms with Crippen molar-refractivity contribution in [2.75, 3.05) is 6.79 Å². The third kappa shape index (κ3) is 3.27. The second-order valence-corrected chi connectivity index (χ2v) is 4.51. The molecule has 1 aliphatic rings. The molecule has 1 aliphatic heterocycles. The standard InChI is InChI=1S/C8H8O2.C8H10/c1-6-2-3-7-8(4-6)10-5-9-7;1-7-3-5-8(2)6-4-7/h2-4H,5H2,1H3;3-6H,1-2H3. The van der Waals surface area contributed by atoms with Gasteiger partial charge >= 0.3 is 0 Å². The summed E-state index contributed by atoms with van der Waals surface area (Å²) in [4.78, 5) is 0. The molecule has 0 bridgehead atoms. The minimum Gasteiger partial charge on any atom is -0.454 e. The molecular weight excluding hydrogens is 224 g/mol. The van der Waals surface area contributed by atoms with Crippen LogP contribution in [0.2, 0.25) is 0 Å². The average Bonchev–Trinajstić information content (AvgIpc) is 2.81. The predicted molar refractivity (Wildman–Crippen MR) is 73.2 cm³/mol. The van der Waals surface area contributed by atoms with Gasteiger partial charge in [-0.15, -0.1) is 0 Å². The highest BCUT2D eigenvalue weighted by Gasteiger charge is 2.11. The second-order valence-electron chi connectivity index (χ2n) is 4.51. The molecule has 2 heteroatoms. The summed E-state index contributed by atoms with van der Waals surface area (Å²) < 4.78 is 10.3. The molecule has 0 unspecified atom stereocenters. The molecule has 3 rings (SSSR count). The van der Waals surface area contributed by atoms with Gasteiger partial charge in [-0.1, -0.05) is 41.5 Å². The van der Waals surface area contributed by atoms with E-state index in [9.17, 15) is 0 Å². The lowest BCUT2D eigenvalue weighted by Gasteiger charge is -1.94. The Labute approximate surface area is 108 Å². The summed E-state index contributed by atoms with van der Waals surface area (Å²) >= 11 is 0. The lowest BCUT2D eigenvalue weighted by Crippen LogP contribution is -1.92. The van der Waals surface area contributed by atoms with Crippen molar-refractivity contribution in [1.29, 1.82) is 0 Å². The fourth-order valence-corrected chi connectivity index (χ4v) is 1.64. The lowest BCUT2D eigenvalue weighted by molar-refractivity contribution is 0.174. The van der Waals surface area contributed by atoms with Crippen molar-refractivity contribution in [2.24, 2.45) is 0 Å². The molecule has 0 spiro atoms. The monoisotopic (exact) mass is 242 g/mol.